The van der Waals surface area contributed by atoms with E-state index in [0.29, 0.717) is 12.8 Å². The van der Waals surface area contributed by atoms with E-state index in [-0.39, 0.29) is 32.6 Å². The number of rotatable bonds is 44. The highest BCUT2D eigenvalue weighted by Gasteiger charge is 2.26. The Morgan fingerprint density at radius 3 is 1.49 bits per heavy atom. The van der Waals surface area contributed by atoms with Crippen LogP contribution in [0.3, 0.4) is 0 Å². The number of esters is 2. The van der Waals surface area contributed by atoms with Gasteiger partial charge in [0, 0.05) is 19.4 Å². The fourth-order valence-corrected chi connectivity index (χ4v) is 7.24. The predicted octanol–water partition coefficient (Wildman–Crippen LogP) is 14.1. The Morgan fingerprint density at radius 1 is 0.525 bits per heavy atom. The zero-order chi connectivity index (χ0) is 43.2. The Morgan fingerprint density at radius 2 is 0.966 bits per heavy atom. The predicted molar refractivity (Wildman–Crippen MR) is 247 cm³/mol. The minimum atomic E-state index is -4.39. The zero-order valence-electron chi connectivity index (χ0n) is 37.7. The lowest BCUT2D eigenvalue weighted by atomic mass is 10.0. The van der Waals surface area contributed by atoms with E-state index in [9.17, 15) is 19.0 Å². The molecule has 0 fully saturated rings. The maximum Gasteiger partial charge on any atom is 0.472 e. The molecule has 9 nitrogen and oxygen atoms in total. The molecule has 342 valence electrons. The van der Waals surface area contributed by atoms with E-state index in [1.165, 1.54) is 116 Å². The summed E-state index contributed by atoms with van der Waals surface area (Å²) in [7, 11) is -4.39. The van der Waals surface area contributed by atoms with Gasteiger partial charge < -0.3 is 20.1 Å². The number of carbonyl (C=O) groups excluding carboxylic acids is 2. The van der Waals surface area contributed by atoms with Gasteiger partial charge in [-0.2, -0.15) is 0 Å². The van der Waals surface area contributed by atoms with Crippen molar-refractivity contribution in [1.29, 1.82) is 0 Å². The van der Waals surface area contributed by atoms with Crippen molar-refractivity contribution >= 4 is 19.8 Å². The number of unbranched alkanes of at least 4 members (excludes halogenated alkanes) is 24. The molecular formula is C49H88NO8P. The van der Waals surface area contributed by atoms with Gasteiger partial charge in [-0.1, -0.05) is 203 Å². The van der Waals surface area contributed by atoms with Crippen molar-refractivity contribution in [2.75, 3.05) is 26.4 Å². The molecule has 0 radical (unpaired) electrons. The third-order valence-electron chi connectivity index (χ3n) is 9.98. The molecule has 0 rings (SSSR count). The van der Waals surface area contributed by atoms with Gasteiger partial charge >= 0.3 is 19.8 Å². The second kappa shape index (κ2) is 45.2. The summed E-state index contributed by atoms with van der Waals surface area (Å²) in [5.41, 5.74) is 5.35. The summed E-state index contributed by atoms with van der Waals surface area (Å²) in [6, 6.07) is 0. The number of phosphoric ester groups is 1. The lowest BCUT2D eigenvalue weighted by Gasteiger charge is -2.19. The van der Waals surface area contributed by atoms with Crippen molar-refractivity contribution in [2.24, 2.45) is 5.73 Å². The molecule has 0 aromatic carbocycles. The Bertz CT molecular complexity index is 1150. The first-order chi connectivity index (χ1) is 28.8. The molecule has 0 aliphatic rings. The van der Waals surface area contributed by atoms with E-state index in [0.717, 1.165) is 51.4 Å². The van der Waals surface area contributed by atoms with Crippen LogP contribution in [0.2, 0.25) is 0 Å². The second-order valence-corrected chi connectivity index (χ2v) is 17.1. The standard InChI is InChI=1S/C49H88NO8P/c1-3-5-7-9-11-13-15-17-19-20-21-22-23-24-25-26-28-29-31-33-35-37-39-41-48(51)55-45-47(46-57-59(53,54)56-44-43-50)58-49(52)42-40-38-36-34-32-30-27-18-16-14-12-10-8-6-4-2/h6,8,10,12,14,16,18,27,33,35,47H,3-5,7,9,11,13,15,17,19-26,28-32,34,36-46,50H2,1-2H3,(H,53,54)/b8-6+,12-10+,16-14+,27-18+,35-33+/t47-/m0/s1. The first-order valence-corrected chi connectivity index (χ1v) is 25.3. The highest BCUT2D eigenvalue weighted by atomic mass is 31.2. The molecular weight excluding hydrogens is 762 g/mol. The van der Waals surface area contributed by atoms with Crippen molar-refractivity contribution < 1.29 is 37.6 Å². The Kier molecular flexibility index (Phi) is 43.5. The number of ether oxygens (including phenoxy) is 2. The van der Waals surface area contributed by atoms with Crippen molar-refractivity contribution in [3.05, 3.63) is 60.8 Å². The van der Waals surface area contributed by atoms with Crippen molar-refractivity contribution in [3.8, 4) is 0 Å². The zero-order valence-corrected chi connectivity index (χ0v) is 38.6. The van der Waals surface area contributed by atoms with Crippen LogP contribution in [0, 0.1) is 0 Å². The van der Waals surface area contributed by atoms with Gasteiger partial charge in [0.1, 0.15) is 6.61 Å². The van der Waals surface area contributed by atoms with Crippen LogP contribution in [0.1, 0.15) is 206 Å². The molecule has 0 aliphatic carbocycles. The van der Waals surface area contributed by atoms with Crippen LogP contribution in [0.4, 0.5) is 0 Å². The lowest BCUT2D eigenvalue weighted by molar-refractivity contribution is -0.161. The van der Waals surface area contributed by atoms with E-state index in [1.807, 2.05) is 30.4 Å². The highest BCUT2D eigenvalue weighted by molar-refractivity contribution is 7.47. The molecule has 0 aromatic heterocycles. The van der Waals surface area contributed by atoms with E-state index < -0.39 is 32.5 Å². The summed E-state index contributed by atoms with van der Waals surface area (Å²) in [5.74, 6) is -0.892. The van der Waals surface area contributed by atoms with Gasteiger partial charge in [-0.15, -0.1) is 0 Å². The fraction of sp³-hybridized carbons (Fsp3) is 0.755. The van der Waals surface area contributed by atoms with Crippen molar-refractivity contribution in [2.45, 2.75) is 213 Å². The average Bonchev–Trinajstić information content (AvgIpc) is 3.22. The second-order valence-electron chi connectivity index (χ2n) is 15.7. The maximum atomic E-state index is 12.6. The van der Waals surface area contributed by atoms with Crippen LogP contribution >= 0.6 is 7.82 Å². The van der Waals surface area contributed by atoms with E-state index in [2.05, 4.69) is 44.2 Å². The van der Waals surface area contributed by atoms with Crippen LogP contribution in [0.25, 0.3) is 0 Å². The molecule has 0 spiro atoms. The summed E-state index contributed by atoms with van der Waals surface area (Å²) in [4.78, 5) is 34.9. The molecule has 0 heterocycles. The SMILES string of the molecule is CC/C=C/C=C/C=C/C=C/CCCCCCCC(=O)O[C@@H](COC(=O)CCC/C=C/CCCCCCCCCCCCCCCCCCCC)COP(=O)(O)OCCN. The molecule has 0 saturated heterocycles. The van der Waals surface area contributed by atoms with Crippen LogP contribution in [-0.4, -0.2) is 49.3 Å². The van der Waals surface area contributed by atoms with Crippen LogP contribution in [-0.2, 0) is 32.7 Å². The lowest BCUT2D eigenvalue weighted by Crippen LogP contribution is -2.29. The largest absolute Gasteiger partial charge is 0.472 e. The number of phosphoric acid groups is 1. The monoisotopic (exact) mass is 850 g/mol. The summed E-state index contributed by atoms with van der Waals surface area (Å²) >= 11 is 0. The molecule has 0 bridgehead atoms. The van der Waals surface area contributed by atoms with Crippen LogP contribution < -0.4 is 5.73 Å². The molecule has 10 heteroatoms. The molecule has 0 amide bonds. The minimum absolute atomic E-state index is 0.0437. The summed E-state index contributed by atoms with van der Waals surface area (Å²) in [6.07, 6.45) is 54.2. The topological polar surface area (TPSA) is 134 Å². The maximum absolute atomic E-state index is 12.6. The fourth-order valence-electron chi connectivity index (χ4n) is 6.47. The smallest absolute Gasteiger partial charge is 0.462 e. The highest BCUT2D eigenvalue weighted by Crippen LogP contribution is 2.43. The molecule has 0 saturated carbocycles. The van der Waals surface area contributed by atoms with Gasteiger partial charge in [-0.3, -0.25) is 18.6 Å². The molecule has 3 N–H and O–H groups in total. The van der Waals surface area contributed by atoms with Gasteiger partial charge in [0.15, 0.2) is 6.10 Å². The molecule has 59 heavy (non-hydrogen) atoms. The van der Waals surface area contributed by atoms with Gasteiger partial charge in [0.2, 0.25) is 0 Å². The van der Waals surface area contributed by atoms with Crippen LogP contribution in [0.15, 0.2) is 60.8 Å². The number of hydrogen-bond donors (Lipinski definition) is 2. The van der Waals surface area contributed by atoms with Crippen molar-refractivity contribution in [3.63, 3.8) is 0 Å². The average molecular weight is 850 g/mol. The Hall–Kier alpha value is -2.29. The number of carbonyl (C=O) groups is 2. The van der Waals surface area contributed by atoms with Gasteiger partial charge in [0.25, 0.3) is 0 Å². The summed E-state index contributed by atoms with van der Waals surface area (Å²) in [5, 5.41) is 0. The normalized spacial score (nSPS) is 13.8. The Balaban J connectivity index is 4.10. The van der Waals surface area contributed by atoms with Gasteiger partial charge in [0.05, 0.1) is 13.2 Å². The molecule has 0 aliphatic heterocycles. The number of nitrogens with two attached hydrogens (primary N) is 1. The third-order valence-corrected chi connectivity index (χ3v) is 11.0. The van der Waals surface area contributed by atoms with E-state index in [1.54, 1.807) is 0 Å². The first-order valence-electron chi connectivity index (χ1n) is 23.8. The molecule has 2 atom stereocenters. The number of hydrogen-bond acceptors (Lipinski definition) is 8. The molecule has 1 unspecified atom stereocenters. The van der Waals surface area contributed by atoms with Gasteiger partial charge in [-0.05, 0) is 51.4 Å². The quantitative estimate of drug-likeness (QED) is 0.0202. The summed E-state index contributed by atoms with van der Waals surface area (Å²) in [6.45, 7) is 3.55. The van der Waals surface area contributed by atoms with E-state index in [4.69, 9.17) is 24.3 Å². The van der Waals surface area contributed by atoms with E-state index >= 15 is 0 Å². The first kappa shape index (κ1) is 56.7. The third kappa shape index (κ3) is 45.1. The minimum Gasteiger partial charge on any atom is -0.462 e. The van der Waals surface area contributed by atoms with Gasteiger partial charge in [-0.25, -0.2) is 4.57 Å². The number of allylic oxidation sites excluding steroid dienone is 10. The van der Waals surface area contributed by atoms with Crippen LogP contribution in [0.5, 0.6) is 0 Å². The Labute approximate surface area is 361 Å². The summed E-state index contributed by atoms with van der Waals surface area (Å²) < 4.78 is 32.8. The molecule has 0 aromatic rings. The van der Waals surface area contributed by atoms with Crippen molar-refractivity contribution in [1.82, 2.24) is 0 Å².